The molecule has 3 unspecified atom stereocenters. The monoisotopic (exact) mass is 529 g/mol. The number of H-pyrrole nitrogens is 1. The maximum absolute atomic E-state index is 12.6. The third kappa shape index (κ3) is 3.94. The number of sulfonamides is 1. The van der Waals surface area contributed by atoms with Gasteiger partial charge in [0.15, 0.2) is 0 Å². The maximum atomic E-state index is 12.6. The molecule has 1 aromatic carbocycles. The number of hydrogen-bond acceptors (Lipinski definition) is 8. The van der Waals surface area contributed by atoms with Crippen LogP contribution in [0.2, 0.25) is 0 Å². The molecule has 4 aromatic rings. The molecule has 2 radical (unpaired) electrons. The molecule has 1 aliphatic carbocycles. The minimum Gasteiger partial charge on any atom is -0.393 e. The van der Waals surface area contributed by atoms with Crippen molar-refractivity contribution in [1.29, 1.82) is 0 Å². The van der Waals surface area contributed by atoms with Crippen LogP contribution in [0.25, 0.3) is 22.3 Å². The first-order valence-corrected chi connectivity index (χ1v) is 14.0. The van der Waals surface area contributed by atoms with E-state index in [9.17, 15) is 13.5 Å². The van der Waals surface area contributed by atoms with Crippen LogP contribution < -0.4 is 14.9 Å². The quantitative estimate of drug-likeness (QED) is 0.332. The third-order valence-electron chi connectivity index (χ3n) is 7.91. The molecule has 10 nitrogen and oxygen atoms in total. The lowest BCUT2D eigenvalue weighted by Crippen LogP contribution is -2.35. The van der Waals surface area contributed by atoms with Crippen LogP contribution in [0.4, 0.5) is 11.6 Å². The van der Waals surface area contributed by atoms with Crippen molar-refractivity contribution in [3.63, 3.8) is 0 Å². The van der Waals surface area contributed by atoms with Crippen molar-refractivity contribution in [2.24, 2.45) is 5.14 Å². The van der Waals surface area contributed by atoms with E-state index in [1.807, 2.05) is 31.4 Å². The largest absolute Gasteiger partial charge is 0.393 e. The maximum Gasteiger partial charge on any atom is 0.240 e. The number of nitrogens with one attached hydrogen (secondary N) is 1. The van der Waals surface area contributed by atoms with Crippen LogP contribution in [0.1, 0.15) is 24.5 Å². The number of nitrogens with zero attached hydrogens (tertiary/aromatic N) is 5. The number of hydrogen-bond donors (Lipinski definition) is 3. The first kappa shape index (κ1) is 24.8. The highest BCUT2D eigenvalue weighted by atomic mass is 32.2. The van der Waals surface area contributed by atoms with E-state index in [4.69, 9.17) is 18.0 Å². The second-order valence-corrected chi connectivity index (χ2v) is 11.9. The summed E-state index contributed by atoms with van der Waals surface area (Å²) in [5, 5.41) is 16.2. The Balaban J connectivity index is 1.38. The third-order valence-corrected chi connectivity index (χ3v) is 8.85. The number of aliphatic hydroxyl groups excluding tert-OH is 1. The number of nitrogens with two attached hydrogens (primary N) is 1. The Morgan fingerprint density at radius 2 is 2.05 bits per heavy atom. The van der Waals surface area contributed by atoms with Gasteiger partial charge in [0, 0.05) is 37.9 Å². The lowest BCUT2D eigenvalue weighted by molar-refractivity contribution is 0.145. The smallest absolute Gasteiger partial charge is 0.240 e. The normalized spacial score (nSPS) is 23.2. The van der Waals surface area contributed by atoms with Crippen molar-refractivity contribution in [2.75, 3.05) is 29.9 Å². The van der Waals surface area contributed by atoms with Crippen molar-refractivity contribution in [3.8, 4) is 11.3 Å². The summed E-state index contributed by atoms with van der Waals surface area (Å²) in [4.78, 5) is 21.0. The fourth-order valence-electron chi connectivity index (χ4n) is 5.79. The Kier molecular flexibility index (Phi) is 5.74. The van der Waals surface area contributed by atoms with E-state index in [1.54, 1.807) is 25.4 Å². The molecule has 12 heteroatoms. The average Bonchev–Trinajstić information content (AvgIpc) is 3.61. The fourth-order valence-corrected chi connectivity index (χ4v) is 6.48. The second kappa shape index (κ2) is 8.79. The van der Waals surface area contributed by atoms with E-state index < -0.39 is 21.4 Å². The number of benzene rings is 1. The van der Waals surface area contributed by atoms with Crippen molar-refractivity contribution in [1.82, 2.24) is 19.9 Å². The van der Waals surface area contributed by atoms with Crippen LogP contribution in [0.5, 0.6) is 0 Å². The number of aliphatic hydroxyl groups is 1. The van der Waals surface area contributed by atoms with E-state index in [0.717, 1.165) is 41.9 Å². The van der Waals surface area contributed by atoms with Crippen molar-refractivity contribution in [2.45, 2.75) is 42.1 Å². The molecule has 4 N–H and O–H groups in total. The molecule has 1 aliphatic heterocycles. The molecule has 3 atom stereocenters. The van der Waals surface area contributed by atoms with Crippen molar-refractivity contribution >= 4 is 40.5 Å². The first-order chi connectivity index (χ1) is 18.1. The minimum atomic E-state index is -4.08. The van der Waals surface area contributed by atoms with Crippen LogP contribution in [-0.4, -0.2) is 73.6 Å². The zero-order valence-corrected chi connectivity index (χ0v) is 22.0. The van der Waals surface area contributed by atoms with Crippen molar-refractivity contribution < 1.29 is 13.5 Å². The van der Waals surface area contributed by atoms with E-state index >= 15 is 0 Å². The predicted molar refractivity (Wildman–Crippen MR) is 147 cm³/mol. The zero-order valence-electron chi connectivity index (χ0n) is 21.2. The van der Waals surface area contributed by atoms with Gasteiger partial charge in [-0.05, 0) is 47.5 Å². The molecule has 6 rings (SSSR count). The summed E-state index contributed by atoms with van der Waals surface area (Å²) in [6, 6.07) is 10.8. The van der Waals surface area contributed by atoms with Crippen LogP contribution in [0.15, 0.2) is 53.8 Å². The van der Waals surface area contributed by atoms with Gasteiger partial charge in [-0.2, -0.15) is 0 Å². The summed E-state index contributed by atoms with van der Waals surface area (Å²) in [7, 11) is 4.42. The zero-order chi connectivity index (χ0) is 26.8. The Labute approximate surface area is 222 Å². The number of fused-ring (bicyclic) bond motifs is 2. The lowest BCUT2D eigenvalue weighted by atomic mass is 9.64. The van der Waals surface area contributed by atoms with Gasteiger partial charge in [0.2, 0.25) is 10.0 Å². The SMILES string of the molecule is [B]C1(C)c2c(cccc2-c2nc(N(C)C3CCN(c4ncnc5[nH]ccc45)C3)ccc2S(N)(=O)=O)CC1O. The van der Waals surface area contributed by atoms with E-state index in [0.29, 0.717) is 23.4 Å². The average molecular weight is 529 g/mol. The van der Waals surface area contributed by atoms with Gasteiger partial charge >= 0.3 is 0 Å². The fraction of sp³-hybridized carbons (Fsp3) is 0.346. The Hall–Kier alpha value is -3.48. The Bertz CT molecular complexity index is 1660. The molecule has 0 saturated carbocycles. The molecule has 1 fully saturated rings. The highest BCUT2D eigenvalue weighted by Gasteiger charge is 2.40. The van der Waals surface area contributed by atoms with Gasteiger partial charge in [-0.3, -0.25) is 0 Å². The van der Waals surface area contributed by atoms with Crippen LogP contribution in [0.3, 0.4) is 0 Å². The van der Waals surface area contributed by atoms with Gasteiger partial charge in [0.1, 0.15) is 28.5 Å². The molecule has 4 heterocycles. The summed E-state index contributed by atoms with van der Waals surface area (Å²) in [5.41, 5.74) is 3.15. The van der Waals surface area contributed by atoms with Gasteiger partial charge < -0.3 is 19.9 Å². The molecule has 38 heavy (non-hydrogen) atoms. The molecule has 3 aromatic heterocycles. The van der Waals surface area contributed by atoms with E-state index in [1.165, 1.54) is 6.07 Å². The standard InChI is InChI=1S/C26H28BN7O3S/c1-26(27)20(35)12-15-4-3-5-17(22(15)26)23-19(38(28,36)37)6-7-21(32-23)33(2)16-9-11-34(13-16)25-18-8-10-29-24(18)30-14-31-25/h3-8,10,14,16,20,35H,9,11-13H2,1-2H3,(H2,28,36,37)(H,29,30,31). The van der Waals surface area contributed by atoms with Gasteiger partial charge in [-0.1, -0.05) is 25.1 Å². The number of aromatic amines is 1. The first-order valence-electron chi connectivity index (χ1n) is 12.4. The Morgan fingerprint density at radius 1 is 1.24 bits per heavy atom. The molecule has 0 spiro atoms. The molecule has 0 bridgehead atoms. The van der Waals surface area contributed by atoms with Gasteiger partial charge in [-0.15, -0.1) is 0 Å². The molecular formula is C26H28BN7O3S. The molecule has 1 saturated heterocycles. The number of anilines is 2. The van der Waals surface area contributed by atoms with Crippen molar-refractivity contribution in [3.05, 3.63) is 60.0 Å². The summed E-state index contributed by atoms with van der Waals surface area (Å²) in [6.45, 7) is 3.28. The second-order valence-electron chi connectivity index (χ2n) is 10.3. The van der Waals surface area contributed by atoms with Crippen LogP contribution >= 0.6 is 0 Å². The highest BCUT2D eigenvalue weighted by molar-refractivity contribution is 7.89. The Morgan fingerprint density at radius 3 is 2.84 bits per heavy atom. The topological polar surface area (TPSA) is 141 Å². The summed E-state index contributed by atoms with van der Waals surface area (Å²) in [5.74, 6) is 1.50. The number of primary sulfonamides is 1. The van der Waals surface area contributed by atoms with Gasteiger partial charge in [0.05, 0.1) is 25.0 Å². The van der Waals surface area contributed by atoms with E-state index in [2.05, 4.69) is 24.8 Å². The highest BCUT2D eigenvalue weighted by Crippen LogP contribution is 2.43. The predicted octanol–water partition coefficient (Wildman–Crippen LogP) is 1.68. The summed E-state index contributed by atoms with van der Waals surface area (Å²) < 4.78 is 25.2. The number of rotatable bonds is 5. The summed E-state index contributed by atoms with van der Waals surface area (Å²) in [6.07, 6.45) is 3.88. The minimum absolute atomic E-state index is 0.0795. The molecule has 2 aliphatic rings. The number of pyridine rings is 1. The van der Waals surface area contributed by atoms with Gasteiger partial charge in [0.25, 0.3) is 0 Å². The molecule has 0 amide bonds. The van der Waals surface area contributed by atoms with Gasteiger partial charge in [-0.25, -0.2) is 28.5 Å². The van der Waals surface area contributed by atoms with Crippen LogP contribution in [0, 0.1) is 0 Å². The van der Waals surface area contributed by atoms with E-state index in [-0.39, 0.29) is 16.6 Å². The number of likely N-dealkylation sites (N-methyl/N-ethyl adjacent to an activating group) is 1. The lowest BCUT2D eigenvalue weighted by Gasteiger charge is -2.29. The van der Waals surface area contributed by atoms with Crippen LogP contribution in [-0.2, 0) is 21.8 Å². The molecule has 194 valence electrons. The molecular weight excluding hydrogens is 501 g/mol. The summed E-state index contributed by atoms with van der Waals surface area (Å²) >= 11 is 0. The number of aromatic nitrogens is 4.